The predicted molar refractivity (Wildman–Crippen MR) is 103 cm³/mol. The monoisotopic (exact) mass is 396 g/mol. The summed E-state index contributed by atoms with van der Waals surface area (Å²) in [7, 11) is 0. The Morgan fingerprint density at radius 1 is 1.21 bits per heavy atom. The van der Waals surface area contributed by atoms with Gasteiger partial charge < -0.3 is 20.3 Å². The zero-order valence-electron chi connectivity index (χ0n) is 15.9. The van der Waals surface area contributed by atoms with E-state index < -0.39 is 6.10 Å². The summed E-state index contributed by atoms with van der Waals surface area (Å²) < 4.78 is 5.49. The van der Waals surface area contributed by atoms with Crippen molar-refractivity contribution in [3.63, 3.8) is 0 Å². The molecule has 152 valence electrons. The smallest absolute Gasteiger partial charge is 0.247 e. The summed E-state index contributed by atoms with van der Waals surface area (Å²) in [5.74, 6) is 0.670. The number of hydrazine groups is 1. The Labute approximate surface area is 168 Å². The van der Waals surface area contributed by atoms with Gasteiger partial charge in [0, 0.05) is 24.2 Å². The molecule has 9 nitrogen and oxygen atoms in total. The van der Waals surface area contributed by atoms with Gasteiger partial charge in [-0.05, 0) is 31.5 Å². The van der Waals surface area contributed by atoms with Gasteiger partial charge in [0.1, 0.15) is 12.3 Å². The topological polar surface area (TPSA) is 116 Å². The van der Waals surface area contributed by atoms with Crippen LogP contribution in [0, 0.1) is 5.92 Å². The van der Waals surface area contributed by atoms with Crippen LogP contribution in [0.5, 0.6) is 0 Å². The third-order valence-electron chi connectivity index (χ3n) is 5.88. The molecule has 1 amide bonds. The van der Waals surface area contributed by atoms with E-state index in [4.69, 9.17) is 4.52 Å². The first-order valence-corrected chi connectivity index (χ1v) is 10.0. The summed E-state index contributed by atoms with van der Waals surface area (Å²) in [6.07, 6.45) is 2.45. The van der Waals surface area contributed by atoms with E-state index in [1.54, 1.807) is 6.08 Å². The van der Waals surface area contributed by atoms with Gasteiger partial charge in [-0.2, -0.15) is 4.98 Å². The lowest BCUT2D eigenvalue weighted by Crippen LogP contribution is -2.53. The molecule has 0 aliphatic carbocycles. The van der Waals surface area contributed by atoms with Crippen molar-refractivity contribution in [2.75, 3.05) is 19.6 Å². The highest BCUT2D eigenvalue weighted by atomic mass is 16.5. The Hall–Kier alpha value is -2.75. The number of allylic oxidation sites excluding steroid dienone is 1. The number of aliphatic hydroxyl groups excluding tert-OH is 1. The van der Waals surface area contributed by atoms with Gasteiger partial charge in [0.25, 0.3) is 0 Å². The zero-order valence-corrected chi connectivity index (χ0v) is 15.9. The van der Waals surface area contributed by atoms with Crippen molar-refractivity contribution in [2.45, 2.75) is 31.0 Å². The van der Waals surface area contributed by atoms with Gasteiger partial charge in [-0.25, -0.2) is 5.43 Å². The lowest BCUT2D eigenvalue weighted by molar-refractivity contribution is -0.119. The Kier molecular flexibility index (Phi) is 4.78. The average molecular weight is 396 g/mol. The fraction of sp³-hybridized carbons (Fsp3) is 0.450. The van der Waals surface area contributed by atoms with Crippen molar-refractivity contribution in [2.24, 2.45) is 5.92 Å². The number of amides is 1. The molecule has 3 unspecified atom stereocenters. The van der Waals surface area contributed by atoms with Gasteiger partial charge in [-0.1, -0.05) is 35.5 Å². The highest BCUT2D eigenvalue weighted by molar-refractivity contribution is 5.89. The molecule has 2 aromatic rings. The van der Waals surface area contributed by atoms with Gasteiger partial charge >= 0.3 is 0 Å². The van der Waals surface area contributed by atoms with E-state index in [0.717, 1.165) is 31.6 Å². The van der Waals surface area contributed by atoms with Crippen LogP contribution in [-0.4, -0.2) is 52.0 Å². The highest BCUT2D eigenvalue weighted by Gasteiger charge is 2.44. The van der Waals surface area contributed by atoms with Crippen molar-refractivity contribution >= 4 is 5.91 Å². The lowest BCUT2D eigenvalue weighted by Gasteiger charge is -2.38. The van der Waals surface area contributed by atoms with Gasteiger partial charge in [-0.3, -0.25) is 9.80 Å². The molecular formula is C20H24N6O3. The molecule has 5 rings (SSSR count). The lowest BCUT2D eigenvalue weighted by atomic mass is 9.92. The van der Waals surface area contributed by atoms with Crippen molar-refractivity contribution in [3.8, 4) is 0 Å². The molecule has 3 aliphatic rings. The number of benzene rings is 1. The number of nitrogens with one attached hydrogen (secondary N) is 3. The molecular weight excluding hydrogens is 372 g/mol. The molecule has 0 bridgehead atoms. The molecule has 1 aromatic heterocycles. The highest BCUT2D eigenvalue weighted by Crippen LogP contribution is 2.34. The predicted octanol–water partition coefficient (Wildman–Crippen LogP) is 0.395. The molecule has 0 saturated carbocycles. The van der Waals surface area contributed by atoms with Gasteiger partial charge in [0.05, 0.1) is 5.92 Å². The van der Waals surface area contributed by atoms with Gasteiger partial charge in [0.2, 0.25) is 17.6 Å². The van der Waals surface area contributed by atoms with Crippen LogP contribution in [0.1, 0.15) is 42.1 Å². The summed E-state index contributed by atoms with van der Waals surface area (Å²) in [6, 6.07) is 9.22. The van der Waals surface area contributed by atoms with Crippen LogP contribution in [0.15, 0.2) is 46.6 Å². The number of hydrogen-bond donors (Lipinski definition) is 4. The normalized spacial score (nSPS) is 26.0. The molecule has 1 aromatic carbocycles. The third-order valence-corrected chi connectivity index (χ3v) is 5.88. The van der Waals surface area contributed by atoms with Gasteiger partial charge in [0.15, 0.2) is 0 Å². The summed E-state index contributed by atoms with van der Waals surface area (Å²) in [6.45, 7) is 2.47. The van der Waals surface area contributed by atoms with Crippen molar-refractivity contribution in [1.29, 1.82) is 0 Å². The maximum atomic E-state index is 12.4. The summed E-state index contributed by atoms with van der Waals surface area (Å²) >= 11 is 0. The molecule has 4 heterocycles. The van der Waals surface area contributed by atoms with E-state index in [2.05, 4.69) is 26.2 Å². The first-order valence-electron chi connectivity index (χ1n) is 10.0. The SMILES string of the molecule is O=C1C=C(C2CCNCC2)N2NCC(c3nc(C(O)c4ccccc4)no3)C2N1. The molecule has 3 atom stereocenters. The molecule has 0 radical (unpaired) electrons. The molecule has 2 fully saturated rings. The quantitative estimate of drug-likeness (QED) is 0.587. The minimum Gasteiger partial charge on any atom is -0.380 e. The summed E-state index contributed by atoms with van der Waals surface area (Å²) in [5.41, 5.74) is 5.11. The summed E-state index contributed by atoms with van der Waals surface area (Å²) in [5, 5.41) is 22.9. The van der Waals surface area contributed by atoms with Crippen LogP contribution < -0.4 is 16.1 Å². The number of aliphatic hydroxyl groups is 1. The van der Waals surface area contributed by atoms with Crippen LogP contribution in [-0.2, 0) is 4.79 Å². The molecule has 29 heavy (non-hydrogen) atoms. The third kappa shape index (κ3) is 3.41. The van der Waals surface area contributed by atoms with E-state index in [1.807, 2.05) is 35.3 Å². The molecule has 4 N–H and O–H groups in total. The van der Waals surface area contributed by atoms with E-state index >= 15 is 0 Å². The number of aromatic nitrogens is 2. The second-order valence-electron chi connectivity index (χ2n) is 7.69. The largest absolute Gasteiger partial charge is 0.380 e. The van der Waals surface area contributed by atoms with Gasteiger partial charge in [-0.15, -0.1) is 0 Å². The molecule has 3 aliphatic heterocycles. The van der Waals surface area contributed by atoms with E-state index in [-0.39, 0.29) is 23.8 Å². The fourth-order valence-electron chi connectivity index (χ4n) is 4.34. The fourth-order valence-corrected chi connectivity index (χ4v) is 4.34. The second kappa shape index (κ2) is 7.58. The Bertz CT molecular complexity index is 908. The van der Waals surface area contributed by atoms with Crippen molar-refractivity contribution in [1.82, 2.24) is 31.2 Å². The minimum atomic E-state index is -0.953. The number of carbonyl (C=O) groups is 1. The Morgan fingerprint density at radius 3 is 2.79 bits per heavy atom. The molecule has 0 spiro atoms. The number of rotatable bonds is 4. The van der Waals surface area contributed by atoms with Crippen LogP contribution in [0.25, 0.3) is 0 Å². The molecule has 9 heteroatoms. The number of hydrogen-bond acceptors (Lipinski definition) is 8. The molecule has 2 saturated heterocycles. The standard InChI is InChI=1S/C20H24N6O3/c27-16-10-15(12-6-8-21-9-7-12)26-19(23-16)14(11-22-26)20-24-18(25-29-20)17(28)13-4-2-1-3-5-13/h1-5,10,12,14,17,19,21-22,28H,6-9,11H2,(H,23,27). The first-order chi connectivity index (χ1) is 14.2. The maximum absolute atomic E-state index is 12.4. The average Bonchev–Trinajstić information content (AvgIpc) is 3.41. The van der Waals surface area contributed by atoms with E-state index in [0.29, 0.717) is 23.9 Å². The summed E-state index contributed by atoms with van der Waals surface area (Å²) in [4.78, 5) is 16.8. The Balaban J connectivity index is 1.36. The maximum Gasteiger partial charge on any atom is 0.247 e. The number of nitrogens with zero attached hydrogens (tertiary/aromatic N) is 3. The van der Waals surface area contributed by atoms with Crippen LogP contribution >= 0.6 is 0 Å². The van der Waals surface area contributed by atoms with Crippen LogP contribution in [0.2, 0.25) is 0 Å². The van der Waals surface area contributed by atoms with Crippen LogP contribution in [0.3, 0.4) is 0 Å². The first kappa shape index (κ1) is 18.3. The number of fused-ring (bicyclic) bond motifs is 1. The Morgan fingerprint density at radius 2 is 2.00 bits per heavy atom. The van der Waals surface area contributed by atoms with Crippen molar-refractivity contribution < 1.29 is 14.4 Å². The van der Waals surface area contributed by atoms with Crippen molar-refractivity contribution in [3.05, 3.63) is 59.4 Å². The van der Waals surface area contributed by atoms with E-state index in [9.17, 15) is 9.90 Å². The number of carbonyl (C=O) groups excluding carboxylic acids is 1. The van der Waals surface area contributed by atoms with E-state index in [1.165, 1.54) is 0 Å². The zero-order chi connectivity index (χ0) is 19.8. The number of piperidine rings is 1. The minimum absolute atomic E-state index is 0.0995. The van der Waals surface area contributed by atoms with Crippen LogP contribution in [0.4, 0.5) is 0 Å². The second-order valence-corrected chi connectivity index (χ2v) is 7.69.